The van der Waals surface area contributed by atoms with Gasteiger partial charge in [0.25, 0.3) is 0 Å². The largest absolute Gasteiger partial charge is 0.331 e. The Bertz CT molecular complexity index is 484. The molecule has 19 heavy (non-hydrogen) atoms. The van der Waals surface area contributed by atoms with Crippen LogP contribution in [0.15, 0.2) is 24.3 Å². The van der Waals surface area contributed by atoms with E-state index in [-0.39, 0.29) is 17.9 Å². The van der Waals surface area contributed by atoms with Gasteiger partial charge in [0.15, 0.2) is 0 Å². The average Bonchev–Trinajstić information content (AvgIpc) is 2.70. The van der Waals surface area contributed by atoms with E-state index >= 15 is 0 Å². The number of carbonyl (C=O) groups is 2. The summed E-state index contributed by atoms with van der Waals surface area (Å²) >= 11 is 0. The molecule has 1 aromatic carbocycles. The van der Waals surface area contributed by atoms with Gasteiger partial charge in [-0.15, -0.1) is 0 Å². The van der Waals surface area contributed by atoms with Crippen LogP contribution in [0.5, 0.6) is 0 Å². The van der Waals surface area contributed by atoms with E-state index in [0.717, 1.165) is 11.4 Å². The second kappa shape index (κ2) is 5.17. The third-order valence-electron chi connectivity index (χ3n) is 2.99. The van der Waals surface area contributed by atoms with E-state index < -0.39 is 0 Å². The Hall–Kier alpha value is -2.24. The molecule has 0 saturated carbocycles. The van der Waals surface area contributed by atoms with Crippen molar-refractivity contribution in [3.05, 3.63) is 24.3 Å². The summed E-state index contributed by atoms with van der Waals surface area (Å²) in [6.07, 6.45) is 0. The summed E-state index contributed by atoms with van der Waals surface area (Å²) in [5, 5.41) is 4.57. The first-order valence-electron chi connectivity index (χ1n) is 6.14. The van der Waals surface area contributed by atoms with Crippen molar-refractivity contribution in [2.45, 2.75) is 6.92 Å². The fourth-order valence-electron chi connectivity index (χ4n) is 1.78. The second-order valence-electron chi connectivity index (χ2n) is 4.86. The highest BCUT2D eigenvalue weighted by molar-refractivity contribution is 5.89. The number of hydrogen-bond donors (Lipinski definition) is 2. The Labute approximate surface area is 112 Å². The molecule has 0 aromatic heterocycles. The first-order chi connectivity index (χ1) is 8.97. The minimum absolute atomic E-state index is 0.00637. The fraction of sp³-hybridized carbons (Fsp3) is 0.385. The molecule has 2 rings (SSSR count). The van der Waals surface area contributed by atoms with Crippen molar-refractivity contribution in [3.63, 3.8) is 0 Å². The number of urea groups is 1. The van der Waals surface area contributed by atoms with Gasteiger partial charge in [0.2, 0.25) is 5.91 Å². The van der Waals surface area contributed by atoms with Crippen LogP contribution >= 0.6 is 0 Å². The van der Waals surface area contributed by atoms with E-state index in [1.807, 2.05) is 36.2 Å². The third-order valence-corrected chi connectivity index (χ3v) is 2.99. The van der Waals surface area contributed by atoms with Gasteiger partial charge in [-0.3, -0.25) is 15.2 Å². The van der Waals surface area contributed by atoms with Crippen LogP contribution in [0.4, 0.5) is 16.2 Å². The van der Waals surface area contributed by atoms with Crippen molar-refractivity contribution in [3.8, 4) is 0 Å². The van der Waals surface area contributed by atoms with Crippen LogP contribution in [0, 0.1) is 5.92 Å². The molecule has 0 bridgehead atoms. The molecule has 0 spiro atoms. The number of nitrogens with zero attached hydrogens (tertiary/aromatic N) is 2. The number of hydrogen-bond acceptors (Lipinski definition) is 3. The molecule has 1 saturated heterocycles. The van der Waals surface area contributed by atoms with Crippen molar-refractivity contribution in [2.24, 2.45) is 5.92 Å². The number of amides is 3. The first kappa shape index (κ1) is 13.2. The topological polar surface area (TPSA) is 64.7 Å². The maximum Gasteiger partial charge on any atom is 0.321 e. The molecule has 1 aliphatic heterocycles. The quantitative estimate of drug-likeness (QED) is 0.843. The summed E-state index contributed by atoms with van der Waals surface area (Å²) in [7, 11) is 3.37. The zero-order valence-corrected chi connectivity index (χ0v) is 11.3. The zero-order valence-electron chi connectivity index (χ0n) is 11.3. The molecule has 6 heteroatoms. The molecule has 1 fully saturated rings. The van der Waals surface area contributed by atoms with Crippen molar-refractivity contribution in [2.75, 3.05) is 31.0 Å². The van der Waals surface area contributed by atoms with Crippen LogP contribution < -0.4 is 15.8 Å². The van der Waals surface area contributed by atoms with Gasteiger partial charge in [-0.05, 0) is 24.3 Å². The standard InChI is InChI=1S/C13H18N4O2/c1-9-8-17(15-12(9)18)11-6-4-10(5-7-11)14-13(19)16(2)3/h4-7,9H,8H2,1-3H3,(H,14,19)(H,15,18). The predicted octanol–water partition coefficient (Wildman–Crippen LogP) is 1.27. The molecule has 6 nitrogen and oxygen atoms in total. The van der Waals surface area contributed by atoms with Gasteiger partial charge < -0.3 is 10.2 Å². The number of benzene rings is 1. The minimum Gasteiger partial charge on any atom is -0.331 e. The molecular weight excluding hydrogens is 244 g/mol. The Morgan fingerprint density at radius 3 is 2.47 bits per heavy atom. The lowest BCUT2D eigenvalue weighted by molar-refractivity contribution is -0.121. The summed E-state index contributed by atoms with van der Waals surface area (Å²) in [6, 6.07) is 7.18. The number of nitrogens with one attached hydrogen (secondary N) is 2. The highest BCUT2D eigenvalue weighted by Gasteiger charge is 2.26. The lowest BCUT2D eigenvalue weighted by Gasteiger charge is -2.18. The summed E-state index contributed by atoms with van der Waals surface area (Å²) < 4.78 is 0. The van der Waals surface area contributed by atoms with E-state index in [9.17, 15) is 9.59 Å². The van der Waals surface area contributed by atoms with E-state index in [1.165, 1.54) is 4.90 Å². The third kappa shape index (κ3) is 2.96. The molecule has 1 atom stereocenters. The van der Waals surface area contributed by atoms with Gasteiger partial charge >= 0.3 is 6.03 Å². The highest BCUT2D eigenvalue weighted by atomic mass is 16.2. The summed E-state index contributed by atoms with van der Waals surface area (Å²) in [6.45, 7) is 2.54. The Balaban J connectivity index is 2.03. The van der Waals surface area contributed by atoms with Gasteiger partial charge in [0.05, 0.1) is 18.2 Å². The molecule has 0 aliphatic carbocycles. The van der Waals surface area contributed by atoms with Gasteiger partial charge in [-0.2, -0.15) is 0 Å². The normalized spacial score (nSPS) is 18.2. The molecule has 102 valence electrons. The van der Waals surface area contributed by atoms with E-state index in [4.69, 9.17) is 0 Å². The van der Waals surface area contributed by atoms with Crippen LogP contribution in [0.2, 0.25) is 0 Å². The van der Waals surface area contributed by atoms with Crippen molar-refractivity contribution < 1.29 is 9.59 Å². The molecule has 1 aliphatic rings. The molecule has 3 amide bonds. The van der Waals surface area contributed by atoms with Crippen LogP contribution in [-0.2, 0) is 4.79 Å². The fourth-order valence-corrected chi connectivity index (χ4v) is 1.78. The van der Waals surface area contributed by atoms with Crippen LogP contribution in [-0.4, -0.2) is 37.5 Å². The van der Waals surface area contributed by atoms with Gasteiger partial charge in [-0.1, -0.05) is 6.92 Å². The van der Waals surface area contributed by atoms with Crippen molar-refractivity contribution in [1.82, 2.24) is 10.3 Å². The molecule has 1 aromatic rings. The summed E-state index contributed by atoms with van der Waals surface area (Å²) in [5.41, 5.74) is 4.42. The first-order valence-corrected chi connectivity index (χ1v) is 6.14. The zero-order chi connectivity index (χ0) is 14.0. The molecule has 1 heterocycles. The lowest BCUT2D eigenvalue weighted by atomic mass is 10.2. The van der Waals surface area contributed by atoms with Crippen LogP contribution in [0.1, 0.15) is 6.92 Å². The lowest BCUT2D eigenvalue weighted by Crippen LogP contribution is -2.32. The van der Waals surface area contributed by atoms with Gasteiger partial charge in [0, 0.05) is 19.8 Å². The minimum atomic E-state index is -0.171. The number of anilines is 2. The number of carbonyl (C=O) groups excluding carboxylic acids is 2. The molecule has 1 unspecified atom stereocenters. The van der Waals surface area contributed by atoms with E-state index in [1.54, 1.807) is 14.1 Å². The van der Waals surface area contributed by atoms with Crippen LogP contribution in [0.25, 0.3) is 0 Å². The molecular formula is C13H18N4O2. The molecule has 2 N–H and O–H groups in total. The number of rotatable bonds is 2. The van der Waals surface area contributed by atoms with E-state index in [0.29, 0.717) is 6.54 Å². The van der Waals surface area contributed by atoms with Crippen molar-refractivity contribution >= 4 is 23.3 Å². The number of hydrazine groups is 1. The maximum absolute atomic E-state index is 11.5. The van der Waals surface area contributed by atoms with Gasteiger partial charge in [-0.25, -0.2) is 4.79 Å². The SMILES string of the molecule is CC1CN(c2ccc(NC(=O)N(C)C)cc2)NC1=O. The molecule has 0 radical (unpaired) electrons. The smallest absolute Gasteiger partial charge is 0.321 e. The highest BCUT2D eigenvalue weighted by Crippen LogP contribution is 2.20. The maximum atomic E-state index is 11.5. The monoisotopic (exact) mass is 262 g/mol. The Morgan fingerprint density at radius 2 is 2.00 bits per heavy atom. The van der Waals surface area contributed by atoms with Gasteiger partial charge in [0.1, 0.15) is 0 Å². The Morgan fingerprint density at radius 1 is 1.37 bits per heavy atom. The van der Waals surface area contributed by atoms with Crippen LogP contribution in [0.3, 0.4) is 0 Å². The second-order valence-corrected chi connectivity index (χ2v) is 4.86. The summed E-state index contributed by atoms with van der Waals surface area (Å²) in [4.78, 5) is 24.4. The van der Waals surface area contributed by atoms with Crippen molar-refractivity contribution in [1.29, 1.82) is 0 Å². The predicted molar refractivity (Wildman–Crippen MR) is 73.8 cm³/mol. The summed E-state index contributed by atoms with van der Waals surface area (Å²) in [5.74, 6) is 0.0260. The van der Waals surface area contributed by atoms with E-state index in [2.05, 4.69) is 10.7 Å². The Kier molecular flexibility index (Phi) is 3.59. The average molecular weight is 262 g/mol.